The summed E-state index contributed by atoms with van der Waals surface area (Å²) in [5.74, 6) is 0.115. The summed E-state index contributed by atoms with van der Waals surface area (Å²) in [7, 11) is 5.66. The van der Waals surface area contributed by atoms with Crippen molar-refractivity contribution in [3.05, 3.63) is 120 Å². The van der Waals surface area contributed by atoms with E-state index in [0.717, 1.165) is 51.1 Å². The number of aromatic nitrogens is 2. The number of hydrogen-bond donors (Lipinski definition) is 0. The molecule has 0 amide bonds. The second kappa shape index (κ2) is 13.1. The topological polar surface area (TPSA) is 78.1 Å². The number of esters is 1. The van der Waals surface area contributed by atoms with Crippen molar-refractivity contribution in [3.8, 4) is 11.4 Å². The highest BCUT2D eigenvalue weighted by molar-refractivity contribution is 7.07. The third-order valence-electron chi connectivity index (χ3n) is 8.70. The molecule has 3 aromatic carbocycles. The van der Waals surface area contributed by atoms with Gasteiger partial charge < -0.3 is 18.9 Å². The average Bonchev–Trinajstić information content (AvgIpc) is 3.53. The Morgan fingerprint density at radius 2 is 1.79 bits per heavy atom. The zero-order chi connectivity index (χ0) is 33.4. The zero-order valence-corrected chi connectivity index (χ0v) is 28.8. The summed E-state index contributed by atoms with van der Waals surface area (Å²) in [6.07, 6.45) is 3.29. The van der Waals surface area contributed by atoms with Crippen molar-refractivity contribution in [3.63, 3.8) is 0 Å². The van der Waals surface area contributed by atoms with Gasteiger partial charge in [-0.15, -0.1) is 0 Å². The second-order valence-corrected chi connectivity index (χ2v) is 12.9. The molecule has 0 unspecified atom stereocenters. The first-order valence-electron chi connectivity index (χ1n) is 15.9. The van der Waals surface area contributed by atoms with E-state index in [4.69, 9.17) is 14.5 Å². The van der Waals surface area contributed by atoms with E-state index in [1.54, 1.807) is 18.6 Å². The first-order chi connectivity index (χ1) is 22.7. The van der Waals surface area contributed by atoms with Crippen molar-refractivity contribution < 1.29 is 14.3 Å². The molecule has 0 saturated carbocycles. The standard InChI is InChI=1S/C38H40N4O4S/c1-8-12-30-34(37(44)46-9-2)35(33-29-14-11-10-13-25(29)15-20-31(33)45-7)42-36(43)32(47-38(42)39-30)22-26-21-23(3)41(24(26)4)28-18-16-27(17-19-28)40(5)6/h10-11,13-22,35H,8-9,12H2,1-7H3/b32-22+/t35-/m1/s1. The number of carbonyl (C=O) groups excluding carboxylic acids is 1. The van der Waals surface area contributed by atoms with Crippen LogP contribution in [0.25, 0.3) is 22.5 Å². The highest BCUT2D eigenvalue weighted by atomic mass is 32.1. The number of rotatable bonds is 9. The van der Waals surface area contributed by atoms with Crippen molar-refractivity contribution in [1.29, 1.82) is 0 Å². The molecule has 8 nitrogen and oxygen atoms in total. The Hall–Kier alpha value is -4.89. The monoisotopic (exact) mass is 648 g/mol. The Balaban J connectivity index is 1.60. The SMILES string of the molecule is CCCC1=C(C(=O)OCC)[C@@H](c2c(OC)ccc3ccccc23)n2c(s/c(=C/c3cc(C)n(-c4ccc(N(C)C)cc4)c3C)c2=O)=N1. The Morgan fingerprint density at radius 1 is 1.04 bits per heavy atom. The lowest BCUT2D eigenvalue weighted by Gasteiger charge is -2.28. The van der Waals surface area contributed by atoms with Crippen molar-refractivity contribution >= 4 is 39.8 Å². The molecule has 5 aromatic rings. The molecule has 242 valence electrons. The summed E-state index contributed by atoms with van der Waals surface area (Å²) in [5.41, 5.74) is 6.75. The summed E-state index contributed by atoms with van der Waals surface area (Å²) >= 11 is 1.34. The number of fused-ring (bicyclic) bond motifs is 2. The maximum atomic E-state index is 14.6. The number of aryl methyl sites for hydroxylation is 1. The van der Waals surface area contributed by atoms with Gasteiger partial charge >= 0.3 is 5.97 Å². The van der Waals surface area contributed by atoms with E-state index in [1.165, 1.54) is 11.3 Å². The van der Waals surface area contributed by atoms with Gasteiger partial charge in [0.25, 0.3) is 5.56 Å². The number of nitrogens with zero attached hydrogens (tertiary/aromatic N) is 4. The summed E-state index contributed by atoms with van der Waals surface area (Å²) in [4.78, 5) is 35.9. The highest BCUT2D eigenvalue weighted by Gasteiger charge is 2.37. The number of ether oxygens (including phenoxy) is 2. The van der Waals surface area contributed by atoms with Gasteiger partial charge in [0, 0.05) is 42.4 Å². The fourth-order valence-electron chi connectivity index (χ4n) is 6.50. The van der Waals surface area contributed by atoms with E-state index in [2.05, 4.69) is 60.6 Å². The fourth-order valence-corrected chi connectivity index (χ4v) is 7.51. The lowest BCUT2D eigenvalue weighted by Crippen LogP contribution is -2.40. The van der Waals surface area contributed by atoms with Crippen LogP contribution in [0.15, 0.2) is 87.8 Å². The minimum absolute atomic E-state index is 0.207. The lowest BCUT2D eigenvalue weighted by molar-refractivity contribution is -0.139. The molecule has 2 aromatic heterocycles. The molecule has 0 saturated heterocycles. The van der Waals surface area contributed by atoms with Gasteiger partial charge in [-0.2, -0.15) is 0 Å². The van der Waals surface area contributed by atoms with Gasteiger partial charge in [-0.25, -0.2) is 9.79 Å². The summed E-state index contributed by atoms with van der Waals surface area (Å²) < 4.78 is 15.9. The van der Waals surface area contributed by atoms with Crippen LogP contribution in [-0.4, -0.2) is 42.9 Å². The van der Waals surface area contributed by atoms with Crippen molar-refractivity contribution in [1.82, 2.24) is 9.13 Å². The zero-order valence-electron chi connectivity index (χ0n) is 28.0. The molecule has 9 heteroatoms. The van der Waals surface area contributed by atoms with Gasteiger partial charge in [-0.1, -0.05) is 55.0 Å². The number of anilines is 1. The maximum absolute atomic E-state index is 14.6. The van der Waals surface area contributed by atoms with Crippen molar-refractivity contribution in [2.45, 2.75) is 46.6 Å². The molecule has 0 fully saturated rings. The molecule has 47 heavy (non-hydrogen) atoms. The number of allylic oxidation sites excluding steroid dienone is 1. The predicted molar refractivity (Wildman–Crippen MR) is 190 cm³/mol. The Morgan fingerprint density at radius 3 is 2.47 bits per heavy atom. The van der Waals surface area contributed by atoms with E-state index in [1.807, 2.05) is 56.6 Å². The molecule has 3 heterocycles. The van der Waals surface area contributed by atoms with Crippen LogP contribution in [0.5, 0.6) is 5.75 Å². The Bertz CT molecular complexity index is 2200. The van der Waals surface area contributed by atoms with E-state index < -0.39 is 12.0 Å². The second-order valence-electron chi connectivity index (χ2n) is 11.9. The molecule has 0 aliphatic carbocycles. The van der Waals surface area contributed by atoms with Crippen LogP contribution in [0.1, 0.15) is 55.2 Å². The Labute approximate surface area is 278 Å². The fraction of sp³-hybridized carbons (Fsp3) is 0.289. The third kappa shape index (κ3) is 5.69. The third-order valence-corrected chi connectivity index (χ3v) is 9.68. The maximum Gasteiger partial charge on any atom is 0.338 e. The lowest BCUT2D eigenvalue weighted by atomic mass is 9.90. The molecule has 0 spiro atoms. The average molecular weight is 649 g/mol. The van der Waals surface area contributed by atoms with Crippen LogP contribution >= 0.6 is 11.3 Å². The first-order valence-corrected chi connectivity index (χ1v) is 16.7. The van der Waals surface area contributed by atoms with Gasteiger partial charge in [0.15, 0.2) is 4.80 Å². The van der Waals surface area contributed by atoms with E-state index in [9.17, 15) is 9.59 Å². The summed E-state index contributed by atoms with van der Waals surface area (Å²) in [6.45, 7) is 8.18. The minimum atomic E-state index is -0.780. The van der Waals surface area contributed by atoms with E-state index >= 15 is 0 Å². The molecule has 1 aliphatic rings. The van der Waals surface area contributed by atoms with Crippen LogP contribution in [0, 0.1) is 13.8 Å². The molecular formula is C38H40N4O4S. The van der Waals surface area contributed by atoms with Gasteiger partial charge in [0.1, 0.15) is 11.8 Å². The minimum Gasteiger partial charge on any atom is -0.496 e. The van der Waals surface area contributed by atoms with Crippen LogP contribution in [-0.2, 0) is 9.53 Å². The molecule has 0 radical (unpaired) electrons. The van der Waals surface area contributed by atoms with Crippen LogP contribution in [0.2, 0.25) is 0 Å². The molecule has 6 rings (SSSR count). The summed E-state index contributed by atoms with van der Waals surface area (Å²) in [6, 6.07) is 21.6. The van der Waals surface area contributed by atoms with Gasteiger partial charge in [0.2, 0.25) is 0 Å². The number of benzene rings is 3. The van der Waals surface area contributed by atoms with E-state index in [0.29, 0.717) is 32.8 Å². The summed E-state index contributed by atoms with van der Waals surface area (Å²) in [5, 5.41) is 1.88. The van der Waals surface area contributed by atoms with Crippen LogP contribution < -0.4 is 24.5 Å². The van der Waals surface area contributed by atoms with E-state index in [-0.39, 0.29) is 12.2 Å². The number of thiazole rings is 1. The number of methoxy groups -OCH3 is 1. The van der Waals surface area contributed by atoms with Crippen LogP contribution in [0.3, 0.4) is 0 Å². The Kier molecular flexibility index (Phi) is 8.92. The molecule has 1 aliphatic heterocycles. The molecule has 0 bridgehead atoms. The van der Waals surface area contributed by atoms with Gasteiger partial charge in [0.05, 0.1) is 29.5 Å². The number of carbonyl (C=O) groups is 1. The molecule has 1 atom stereocenters. The first kappa shape index (κ1) is 32.1. The predicted octanol–water partition coefficient (Wildman–Crippen LogP) is 6.21. The van der Waals surface area contributed by atoms with Crippen LogP contribution in [0.4, 0.5) is 5.69 Å². The quantitative estimate of drug-likeness (QED) is 0.178. The molecule has 0 N–H and O–H groups in total. The largest absolute Gasteiger partial charge is 0.496 e. The van der Waals surface area contributed by atoms with Crippen molar-refractivity contribution in [2.24, 2.45) is 4.99 Å². The highest BCUT2D eigenvalue weighted by Crippen LogP contribution is 2.41. The van der Waals surface area contributed by atoms with Gasteiger partial charge in [-0.05, 0) is 86.0 Å². The normalized spacial score (nSPS) is 14.7. The molecular weight excluding hydrogens is 609 g/mol. The number of hydrogen-bond acceptors (Lipinski definition) is 7. The van der Waals surface area contributed by atoms with Gasteiger partial charge in [-0.3, -0.25) is 9.36 Å². The smallest absolute Gasteiger partial charge is 0.338 e. The van der Waals surface area contributed by atoms with Crippen molar-refractivity contribution in [2.75, 3.05) is 32.7 Å².